The van der Waals surface area contributed by atoms with E-state index in [9.17, 15) is 31.9 Å². The van der Waals surface area contributed by atoms with E-state index >= 15 is 0 Å². The Bertz CT molecular complexity index is 1630. The molecular formula is C23H13F5N8O2. The quantitative estimate of drug-likeness (QED) is 0.117. The topological polar surface area (TPSA) is 132 Å². The second kappa shape index (κ2) is 9.34. The lowest BCUT2D eigenvalue weighted by Gasteiger charge is -2.14. The first-order chi connectivity index (χ1) is 18.2. The van der Waals surface area contributed by atoms with Crippen LogP contribution < -0.4 is 10.4 Å². The number of aromatic nitrogens is 4. The van der Waals surface area contributed by atoms with Gasteiger partial charge in [0.1, 0.15) is 11.4 Å². The van der Waals surface area contributed by atoms with Crippen molar-refractivity contribution in [3.63, 3.8) is 0 Å². The number of amides is 1. The Balaban J connectivity index is 1.45. The van der Waals surface area contributed by atoms with Crippen LogP contribution in [-0.4, -0.2) is 43.1 Å². The van der Waals surface area contributed by atoms with Crippen LogP contribution in [0.3, 0.4) is 0 Å². The predicted octanol–water partition coefficient (Wildman–Crippen LogP) is 4.13. The Labute approximate surface area is 209 Å². The van der Waals surface area contributed by atoms with E-state index in [1.807, 2.05) is 0 Å². The lowest BCUT2D eigenvalue weighted by molar-refractivity contribution is -0.112. The maximum absolute atomic E-state index is 14.2. The molecule has 0 aliphatic carbocycles. The van der Waals surface area contributed by atoms with Crippen LogP contribution in [0.4, 0.5) is 33.3 Å². The van der Waals surface area contributed by atoms with Crippen LogP contribution in [0.1, 0.15) is 6.92 Å². The number of nitrogens with zero attached hydrogens (tertiary/aromatic N) is 6. The van der Waals surface area contributed by atoms with Gasteiger partial charge in [0.25, 0.3) is 0 Å². The van der Waals surface area contributed by atoms with Gasteiger partial charge in [-0.3, -0.25) is 10.2 Å². The maximum atomic E-state index is 14.2. The number of hydrogen-bond donors (Lipinski definition) is 3. The van der Waals surface area contributed by atoms with Crippen molar-refractivity contribution in [2.24, 2.45) is 10.2 Å². The Hall–Kier alpha value is -5.21. The third-order valence-corrected chi connectivity index (χ3v) is 5.50. The smallest absolute Gasteiger partial charge is 0.301 e. The molecule has 1 aliphatic rings. The molecule has 4 aromatic rings. The third-order valence-electron chi connectivity index (χ3n) is 5.50. The molecule has 1 amide bonds. The molecule has 2 heterocycles. The Kier molecular flexibility index (Phi) is 6.02. The minimum atomic E-state index is -2.37. The molecule has 5 rings (SSSR count). The van der Waals surface area contributed by atoms with E-state index in [1.165, 1.54) is 13.0 Å². The first-order valence-electron chi connectivity index (χ1n) is 10.6. The van der Waals surface area contributed by atoms with Gasteiger partial charge < -0.3 is 5.11 Å². The highest BCUT2D eigenvalue weighted by Crippen LogP contribution is 2.37. The van der Waals surface area contributed by atoms with Crippen LogP contribution in [0.2, 0.25) is 0 Å². The molecule has 0 saturated heterocycles. The lowest BCUT2D eigenvalue weighted by atomic mass is 10.0. The number of H-pyrrole nitrogens is 1. The summed E-state index contributed by atoms with van der Waals surface area (Å²) in [5.41, 5.74) is 1.90. The number of carbonyl (C=O) groups is 1. The van der Waals surface area contributed by atoms with Crippen molar-refractivity contribution >= 4 is 28.7 Å². The molecule has 15 heteroatoms. The number of anilines is 2. The van der Waals surface area contributed by atoms with Gasteiger partial charge in [0.05, 0.1) is 11.4 Å². The van der Waals surface area contributed by atoms with Gasteiger partial charge >= 0.3 is 5.91 Å². The summed E-state index contributed by atoms with van der Waals surface area (Å²) in [5.74, 6) is -12.4. The van der Waals surface area contributed by atoms with Gasteiger partial charge in [-0.25, -0.2) is 27.1 Å². The zero-order valence-electron chi connectivity index (χ0n) is 19.0. The van der Waals surface area contributed by atoms with Crippen LogP contribution in [0.25, 0.3) is 22.5 Å². The summed E-state index contributed by atoms with van der Waals surface area (Å²) in [5, 5.41) is 31.8. The van der Waals surface area contributed by atoms with Gasteiger partial charge in [0, 0.05) is 11.1 Å². The number of rotatable bonds is 5. The minimum absolute atomic E-state index is 0.0340. The highest BCUT2D eigenvalue weighted by molar-refractivity contribution is 6.71. The number of aromatic hydroxyl groups is 1. The second-order valence-electron chi connectivity index (χ2n) is 7.83. The van der Waals surface area contributed by atoms with Crippen LogP contribution in [0, 0.1) is 29.1 Å². The van der Waals surface area contributed by atoms with E-state index in [-0.39, 0.29) is 22.2 Å². The summed E-state index contributed by atoms with van der Waals surface area (Å²) in [6.07, 6.45) is 0. The number of para-hydroxylation sites is 1. The number of nitrogens with one attached hydrogen (secondary N) is 2. The van der Waals surface area contributed by atoms with Gasteiger partial charge in [-0.05, 0) is 35.0 Å². The molecular weight excluding hydrogens is 515 g/mol. The SMILES string of the molecule is CC1=NN(c2c(F)c(F)c(F)c(F)c2F)C(=O)/C1=N\Nc1cccc(-c2cccc(-c3nnn[nH]3)c2)c1O. The molecule has 1 aromatic heterocycles. The van der Waals surface area contributed by atoms with E-state index in [0.29, 0.717) is 22.5 Å². The Morgan fingerprint density at radius 3 is 2.29 bits per heavy atom. The number of halogens is 5. The van der Waals surface area contributed by atoms with Gasteiger partial charge in [0.2, 0.25) is 5.82 Å². The van der Waals surface area contributed by atoms with Crippen molar-refractivity contribution in [2.75, 3.05) is 10.4 Å². The second-order valence-corrected chi connectivity index (χ2v) is 7.83. The van der Waals surface area contributed by atoms with Crippen molar-refractivity contribution < 1.29 is 31.9 Å². The summed E-state index contributed by atoms with van der Waals surface area (Å²) in [7, 11) is 0. The Morgan fingerprint density at radius 2 is 1.61 bits per heavy atom. The Morgan fingerprint density at radius 1 is 0.947 bits per heavy atom. The maximum Gasteiger partial charge on any atom is 0.301 e. The van der Waals surface area contributed by atoms with Crippen molar-refractivity contribution in [2.45, 2.75) is 6.92 Å². The number of phenols is 1. The van der Waals surface area contributed by atoms with Crippen molar-refractivity contribution in [1.29, 1.82) is 0 Å². The molecule has 0 saturated carbocycles. The summed E-state index contributed by atoms with van der Waals surface area (Å²) in [4.78, 5) is 12.8. The van der Waals surface area contributed by atoms with Crippen molar-refractivity contribution in [3.8, 4) is 28.3 Å². The van der Waals surface area contributed by atoms with Gasteiger partial charge in [-0.2, -0.15) is 15.2 Å². The van der Waals surface area contributed by atoms with Crippen LogP contribution in [-0.2, 0) is 4.79 Å². The average molecular weight is 528 g/mol. The van der Waals surface area contributed by atoms with E-state index in [0.717, 1.165) is 0 Å². The van der Waals surface area contributed by atoms with Gasteiger partial charge in [0.15, 0.2) is 34.8 Å². The van der Waals surface area contributed by atoms with Crippen molar-refractivity contribution in [3.05, 3.63) is 71.6 Å². The summed E-state index contributed by atoms with van der Waals surface area (Å²) in [6.45, 7) is 1.24. The summed E-state index contributed by atoms with van der Waals surface area (Å²) in [6, 6.07) is 11.5. The zero-order chi connectivity index (χ0) is 27.1. The molecule has 3 N–H and O–H groups in total. The number of carbonyl (C=O) groups excluding carboxylic acids is 1. The highest BCUT2D eigenvalue weighted by atomic mass is 19.2. The molecule has 3 aromatic carbocycles. The van der Waals surface area contributed by atoms with Crippen molar-refractivity contribution in [1.82, 2.24) is 20.6 Å². The zero-order valence-corrected chi connectivity index (χ0v) is 19.0. The minimum Gasteiger partial charge on any atom is -0.505 e. The van der Waals surface area contributed by atoms with Crippen LogP contribution in [0.5, 0.6) is 5.75 Å². The van der Waals surface area contributed by atoms with E-state index in [4.69, 9.17) is 0 Å². The lowest BCUT2D eigenvalue weighted by Crippen LogP contribution is -2.30. The number of hydrazone groups is 2. The monoisotopic (exact) mass is 528 g/mol. The molecule has 0 unspecified atom stereocenters. The fourth-order valence-corrected chi connectivity index (χ4v) is 3.66. The molecule has 10 nitrogen and oxygen atoms in total. The van der Waals surface area contributed by atoms with Gasteiger partial charge in [-0.1, -0.05) is 30.3 Å². The summed E-state index contributed by atoms with van der Waals surface area (Å²) < 4.78 is 69.1. The molecule has 0 fully saturated rings. The first-order valence-corrected chi connectivity index (χ1v) is 10.6. The number of aromatic amines is 1. The fourth-order valence-electron chi connectivity index (χ4n) is 3.66. The fraction of sp³-hybridized carbons (Fsp3) is 0.0435. The van der Waals surface area contributed by atoms with E-state index in [1.54, 1.807) is 36.4 Å². The van der Waals surface area contributed by atoms with E-state index < -0.39 is 46.4 Å². The average Bonchev–Trinajstić information content (AvgIpc) is 3.55. The third kappa shape index (κ3) is 3.99. The molecule has 1 aliphatic heterocycles. The largest absolute Gasteiger partial charge is 0.505 e. The molecule has 0 bridgehead atoms. The molecule has 0 atom stereocenters. The molecule has 192 valence electrons. The normalized spacial score (nSPS) is 14.4. The van der Waals surface area contributed by atoms with Crippen LogP contribution in [0.15, 0.2) is 52.7 Å². The first kappa shape index (κ1) is 24.5. The van der Waals surface area contributed by atoms with E-state index in [2.05, 4.69) is 36.3 Å². The van der Waals surface area contributed by atoms with Gasteiger partial charge in [-0.15, -0.1) is 5.10 Å². The standard InChI is InChI=1S/C23H13F5N8O2/c1-9-19(23(38)36(33-9)20-17(27)15(25)14(24)16(26)18(20)28)30-29-13-7-3-6-12(21(13)37)10-4-2-5-11(8-10)22-31-34-35-32-22/h2-8,29,37H,1H3,(H,31,32,34,35)/b30-19-. The summed E-state index contributed by atoms with van der Waals surface area (Å²) >= 11 is 0. The number of tetrazole rings is 1. The number of hydrogen-bond acceptors (Lipinski definition) is 8. The number of phenolic OH excluding ortho intramolecular Hbond substituents is 1. The number of benzene rings is 3. The molecule has 0 spiro atoms. The predicted molar refractivity (Wildman–Crippen MR) is 125 cm³/mol. The molecule has 0 radical (unpaired) electrons. The molecule has 38 heavy (non-hydrogen) atoms. The van der Waals surface area contributed by atoms with Crippen LogP contribution >= 0.6 is 0 Å². The highest BCUT2D eigenvalue weighted by Gasteiger charge is 2.38.